The van der Waals surface area contributed by atoms with E-state index < -0.39 is 23.4 Å². The zero-order chi connectivity index (χ0) is 16.3. The summed E-state index contributed by atoms with van der Waals surface area (Å²) in [4.78, 5) is 22.7. The fourth-order valence-electron chi connectivity index (χ4n) is 1.98. The van der Waals surface area contributed by atoms with Crippen LogP contribution in [0.5, 0.6) is 11.5 Å². The fraction of sp³-hybridized carbons (Fsp3) is 0. The number of aliphatic carboxylic acids is 1. The number of hydrogen-bond acceptors (Lipinski definition) is 4. The van der Waals surface area contributed by atoms with Gasteiger partial charge in [-0.2, -0.15) is 0 Å². The van der Waals surface area contributed by atoms with E-state index >= 15 is 0 Å². The molecule has 112 valence electrons. The number of para-hydroxylation sites is 1. The topological polar surface area (TPSA) is 115 Å². The van der Waals surface area contributed by atoms with Crippen molar-refractivity contribution < 1.29 is 30.0 Å². The van der Waals surface area contributed by atoms with Crippen molar-refractivity contribution in [3.63, 3.8) is 0 Å². The maximum Gasteiger partial charge on any atom is 0.336 e. The summed E-state index contributed by atoms with van der Waals surface area (Å²) < 4.78 is 0. The molecular formula is C16H12O6. The van der Waals surface area contributed by atoms with Crippen LogP contribution in [0.4, 0.5) is 0 Å². The minimum atomic E-state index is -1.35. The monoisotopic (exact) mass is 300 g/mol. The largest absolute Gasteiger partial charge is 0.504 e. The molecule has 0 unspecified atom stereocenters. The second kappa shape index (κ2) is 6.01. The van der Waals surface area contributed by atoms with Gasteiger partial charge in [0.25, 0.3) is 0 Å². The van der Waals surface area contributed by atoms with Gasteiger partial charge in [-0.3, -0.25) is 0 Å². The van der Waals surface area contributed by atoms with Crippen molar-refractivity contribution in [1.82, 2.24) is 0 Å². The van der Waals surface area contributed by atoms with Crippen LogP contribution in [0.1, 0.15) is 21.5 Å². The number of phenolic OH excluding ortho intramolecular Hbond substituents is 2. The molecule has 6 nitrogen and oxygen atoms in total. The molecule has 0 spiro atoms. The molecule has 2 aromatic rings. The van der Waals surface area contributed by atoms with Gasteiger partial charge in [-0.05, 0) is 18.2 Å². The smallest absolute Gasteiger partial charge is 0.336 e. The van der Waals surface area contributed by atoms with Crippen LogP contribution in [0.15, 0.2) is 42.5 Å². The Balaban J connectivity index is 2.67. The molecule has 4 N–H and O–H groups in total. The third-order valence-electron chi connectivity index (χ3n) is 3.02. The number of benzene rings is 2. The number of carboxylic acid groups (broad SMARTS) is 2. The molecule has 0 atom stereocenters. The molecule has 0 fully saturated rings. The minimum absolute atomic E-state index is 0.00485. The number of hydrogen-bond donors (Lipinski definition) is 4. The van der Waals surface area contributed by atoms with Gasteiger partial charge < -0.3 is 20.4 Å². The third-order valence-corrected chi connectivity index (χ3v) is 3.02. The lowest BCUT2D eigenvalue weighted by Crippen LogP contribution is -2.07. The van der Waals surface area contributed by atoms with Gasteiger partial charge in [0, 0.05) is 11.1 Å². The highest BCUT2D eigenvalue weighted by Gasteiger charge is 2.19. The van der Waals surface area contributed by atoms with E-state index in [-0.39, 0.29) is 22.3 Å². The molecule has 0 bridgehead atoms. The van der Waals surface area contributed by atoms with E-state index in [9.17, 15) is 24.9 Å². The summed E-state index contributed by atoms with van der Waals surface area (Å²) in [5.41, 5.74) is -0.405. The summed E-state index contributed by atoms with van der Waals surface area (Å²) in [6.45, 7) is 0. The van der Waals surface area contributed by atoms with E-state index in [0.29, 0.717) is 0 Å². The first kappa shape index (κ1) is 15.1. The van der Waals surface area contributed by atoms with Gasteiger partial charge in [0.1, 0.15) is 0 Å². The summed E-state index contributed by atoms with van der Waals surface area (Å²) >= 11 is 0. The lowest BCUT2D eigenvalue weighted by Gasteiger charge is -2.08. The summed E-state index contributed by atoms with van der Waals surface area (Å²) in [5.74, 6) is -3.49. The van der Waals surface area contributed by atoms with Crippen LogP contribution < -0.4 is 0 Å². The maximum atomic E-state index is 11.5. The molecule has 0 aliphatic rings. The Morgan fingerprint density at radius 1 is 0.864 bits per heavy atom. The Kier molecular flexibility index (Phi) is 4.13. The van der Waals surface area contributed by atoms with Gasteiger partial charge in [0.2, 0.25) is 0 Å². The summed E-state index contributed by atoms with van der Waals surface area (Å²) in [7, 11) is 0. The number of aromatic carboxylic acids is 1. The molecular weight excluding hydrogens is 288 g/mol. The third kappa shape index (κ3) is 2.90. The molecule has 0 saturated heterocycles. The van der Waals surface area contributed by atoms with Crippen molar-refractivity contribution >= 4 is 23.6 Å². The quantitative estimate of drug-likeness (QED) is 0.391. The lowest BCUT2D eigenvalue weighted by atomic mass is 9.97. The highest BCUT2D eigenvalue weighted by atomic mass is 16.4. The predicted molar refractivity (Wildman–Crippen MR) is 78.7 cm³/mol. The summed E-state index contributed by atoms with van der Waals surface area (Å²) in [6, 6.07) is 9.74. The van der Waals surface area contributed by atoms with E-state index in [1.54, 1.807) is 0 Å². The molecule has 2 rings (SSSR count). The highest BCUT2D eigenvalue weighted by Crippen LogP contribution is 2.32. The normalized spacial score (nSPS) is 11.2. The Hall–Kier alpha value is -3.28. The van der Waals surface area contributed by atoms with Gasteiger partial charge in [0.05, 0.1) is 11.1 Å². The molecule has 0 saturated carbocycles. The van der Waals surface area contributed by atoms with E-state index in [1.165, 1.54) is 42.5 Å². The zero-order valence-corrected chi connectivity index (χ0v) is 11.2. The standard InChI is InChI=1S/C16H12O6/c17-13-7-3-4-9(14(13)18)8-12(16(21)22)10-5-1-2-6-11(10)15(19)20/h1-8,17-18H,(H,19,20)(H,21,22)/b12-8+. The van der Waals surface area contributed by atoms with Gasteiger partial charge in [-0.1, -0.05) is 30.3 Å². The summed E-state index contributed by atoms with van der Waals surface area (Å²) in [6.07, 6.45) is 1.11. The molecule has 0 amide bonds. The average molecular weight is 300 g/mol. The first-order valence-electron chi connectivity index (χ1n) is 6.20. The maximum absolute atomic E-state index is 11.5. The van der Waals surface area contributed by atoms with Crippen molar-refractivity contribution in [1.29, 1.82) is 0 Å². The van der Waals surface area contributed by atoms with Gasteiger partial charge >= 0.3 is 11.9 Å². The molecule has 0 radical (unpaired) electrons. The first-order valence-corrected chi connectivity index (χ1v) is 6.20. The highest BCUT2D eigenvalue weighted by molar-refractivity contribution is 6.22. The van der Waals surface area contributed by atoms with Gasteiger partial charge in [-0.25, -0.2) is 9.59 Å². The second-order valence-electron chi connectivity index (χ2n) is 4.43. The van der Waals surface area contributed by atoms with Gasteiger partial charge in [-0.15, -0.1) is 0 Å². The van der Waals surface area contributed by atoms with Crippen LogP contribution in [0.3, 0.4) is 0 Å². The Morgan fingerprint density at radius 2 is 1.50 bits per heavy atom. The van der Waals surface area contributed by atoms with E-state index in [0.717, 1.165) is 6.08 Å². The second-order valence-corrected chi connectivity index (χ2v) is 4.43. The number of carboxylic acids is 2. The summed E-state index contributed by atoms with van der Waals surface area (Å²) in [5, 5.41) is 37.7. The first-order chi connectivity index (χ1) is 10.4. The number of phenols is 2. The Morgan fingerprint density at radius 3 is 2.09 bits per heavy atom. The lowest BCUT2D eigenvalue weighted by molar-refractivity contribution is -0.130. The Labute approximate surface area is 125 Å². The van der Waals surface area contributed by atoms with Crippen molar-refractivity contribution in [3.8, 4) is 11.5 Å². The van der Waals surface area contributed by atoms with Crippen LogP contribution in [0, 0.1) is 0 Å². The van der Waals surface area contributed by atoms with Crippen molar-refractivity contribution in [2.45, 2.75) is 0 Å². The number of aromatic hydroxyl groups is 2. The minimum Gasteiger partial charge on any atom is -0.504 e. The predicted octanol–water partition coefficient (Wildman–Crippen LogP) is 2.42. The zero-order valence-electron chi connectivity index (χ0n) is 11.2. The van der Waals surface area contributed by atoms with Crippen LogP contribution >= 0.6 is 0 Å². The van der Waals surface area contributed by atoms with E-state index in [4.69, 9.17) is 5.11 Å². The molecule has 0 heterocycles. The molecule has 22 heavy (non-hydrogen) atoms. The van der Waals surface area contributed by atoms with E-state index in [1.807, 2.05) is 0 Å². The van der Waals surface area contributed by atoms with Crippen LogP contribution in [-0.4, -0.2) is 32.4 Å². The number of carbonyl (C=O) groups is 2. The molecule has 2 aromatic carbocycles. The van der Waals surface area contributed by atoms with Crippen molar-refractivity contribution in [2.24, 2.45) is 0 Å². The number of rotatable bonds is 4. The van der Waals surface area contributed by atoms with E-state index in [2.05, 4.69) is 0 Å². The van der Waals surface area contributed by atoms with Crippen LogP contribution in [0.2, 0.25) is 0 Å². The average Bonchev–Trinajstić information content (AvgIpc) is 2.48. The fourth-order valence-corrected chi connectivity index (χ4v) is 1.98. The molecule has 0 aliphatic carbocycles. The van der Waals surface area contributed by atoms with Crippen LogP contribution in [0.25, 0.3) is 11.6 Å². The van der Waals surface area contributed by atoms with Gasteiger partial charge in [0.15, 0.2) is 11.5 Å². The van der Waals surface area contributed by atoms with Crippen LogP contribution in [-0.2, 0) is 4.79 Å². The Bertz CT molecular complexity index is 776. The molecule has 0 aromatic heterocycles. The van der Waals surface area contributed by atoms with Crippen molar-refractivity contribution in [3.05, 3.63) is 59.2 Å². The molecule has 0 aliphatic heterocycles. The van der Waals surface area contributed by atoms with Crippen molar-refractivity contribution in [2.75, 3.05) is 0 Å². The SMILES string of the molecule is O=C(O)/C(=C/c1cccc(O)c1O)c1ccccc1C(=O)O. The molecule has 6 heteroatoms.